The Balaban J connectivity index is 1.34. The van der Waals surface area contributed by atoms with Crippen molar-refractivity contribution in [2.24, 2.45) is 10.8 Å². The zero-order chi connectivity index (χ0) is 23.4. The number of primary amides is 1. The SMILES string of the molecule is CN(CCCc1cc(-c2ccc(F)cc2)n[nH]1)C(=O)C1=NN(c2ccccc2)C(C(N)=O)C1. The molecule has 0 aliphatic carbocycles. The maximum Gasteiger partial charge on any atom is 0.269 e. The van der Waals surface area contributed by atoms with Gasteiger partial charge in [0.2, 0.25) is 5.91 Å². The number of hydrogen-bond acceptors (Lipinski definition) is 5. The number of aromatic nitrogens is 2. The molecule has 1 atom stereocenters. The van der Waals surface area contributed by atoms with E-state index >= 15 is 0 Å². The van der Waals surface area contributed by atoms with Crippen LogP contribution >= 0.6 is 0 Å². The molecule has 3 aromatic rings. The lowest BCUT2D eigenvalue weighted by atomic mass is 10.1. The first kappa shape index (κ1) is 22.2. The van der Waals surface area contributed by atoms with Gasteiger partial charge in [-0.15, -0.1) is 0 Å². The summed E-state index contributed by atoms with van der Waals surface area (Å²) in [5, 5.41) is 13.2. The molecule has 170 valence electrons. The molecule has 33 heavy (non-hydrogen) atoms. The van der Waals surface area contributed by atoms with Crippen LogP contribution in [0.15, 0.2) is 65.8 Å². The minimum Gasteiger partial charge on any atom is -0.368 e. The minimum absolute atomic E-state index is 0.176. The number of rotatable bonds is 8. The standard InChI is InChI=1S/C24H25FN6O2/c1-30(13-5-6-18-14-20(28-27-18)16-9-11-17(25)12-10-16)24(33)21-15-22(23(26)32)31(29-21)19-7-3-2-4-8-19/h2-4,7-12,14,22H,5-6,13,15H2,1H3,(H2,26,32)(H,27,28). The number of carbonyl (C=O) groups excluding carboxylic acids is 2. The Hall–Kier alpha value is -4.01. The molecular weight excluding hydrogens is 423 g/mol. The highest BCUT2D eigenvalue weighted by atomic mass is 19.1. The second-order valence-corrected chi connectivity index (χ2v) is 7.96. The van der Waals surface area contributed by atoms with Gasteiger partial charge in [0.15, 0.2) is 0 Å². The molecule has 9 heteroatoms. The van der Waals surface area contributed by atoms with Crippen LogP contribution in [-0.4, -0.2) is 52.3 Å². The normalized spacial score (nSPS) is 15.4. The van der Waals surface area contributed by atoms with Crippen molar-refractivity contribution >= 4 is 23.2 Å². The molecule has 2 heterocycles. The van der Waals surface area contributed by atoms with Gasteiger partial charge in [-0.1, -0.05) is 18.2 Å². The average Bonchev–Trinajstić information content (AvgIpc) is 3.47. The quantitative estimate of drug-likeness (QED) is 0.552. The molecule has 1 unspecified atom stereocenters. The molecule has 2 amide bonds. The number of para-hydroxylation sites is 1. The molecule has 0 radical (unpaired) electrons. The number of hydrazone groups is 1. The highest BCUT2D eigenvalue weighted by Crippen LogP contribution is 2.25. The Labute approximate surface area is 190 Å². The largest absolute Gasteiger partial charge is 0.368 e. The fourth-order valence-electron chi connectivity index (χ4n) is 3.77. The van der Waals surface area contributed by atoms with E-state index in [4.69, 9.17) is 5.73 Å². The Morgan fingerprint density at radius 2 is 1.91 bits per heavy atom. The highest BCUT2D eigenvalue weighted by Gasteiger charge is 2.35. The van der Waals surface area contributed by atoms with Crippen LogP contribution in [0.2, 0.25) is 0 Å². The third-order valence-corrected chi connectivity index (χ3v) is 5.56. The van der Waals surface area contributed by atoms with Crippen molar-refractivity contribution in [3.8, 4) is 11.3 Å². The van der Waals surface area contributed by atoms with Crippen molar-refractivity contribution in [2.45, 2.75) is 25.3 Å². The van der Waals surface area contributed by atoms with Crippen molar-refractivity contribution < 1.29 is 14.0 Å². The number of H-pyrrole nitrogens is 1. The van der Waals surface area contributed by atoms with Crippen LogP contribution in [-0.2, 0) is 16.0 Å². The summed E-state index contributed by atoms with van der Waals surface area (Å²) < 4.78 is 13.1. The molecule has 1 aliphatic heterocycles. The summed E-state index contributed by atoms with van der Waals surface area (Å²) in [6, 6.07) is 16.6. The molecule has 0 saturated heterocycles. The van der Waals surface area contributed by atoms with Gasteiger partial charge in [-0.2, -0.15) is 10.2 Å². The molecule has 0 bridgehead atoms. The van der Waals surface area contributed by atoms with E-state index in [-0.39, 0.29) is 18.1 Å². The maximum absolute atomic E-state index is 13.1. The number of nitrogens with two attached hydrogens (primary N) is 1. The number of halogens is 1. The van der Waals surface area contributed by atoms with E-state index in [2.05, 4.69) is 15.3 Å². The summed E-state index contributed by atoms with van der Waals surface area (Å²) in [6.45, 7) is 0.509. The number of aryl methyl sites for hydroxylation is 1. The number of anilines is 1. The Kier molecular flexibility index (Phi) is 6.48. The molecule has 3 N–H and O–H groups in total. The average molecular weight is 449 g/mol. The number of aromatic amines is 1. The molecule has 4 rings (SSSR count). The predicted octanol–water partition coefficient (Wildman–Crippen LogP) is 2.73. The topological polar surface area (TPSA) is 108 Å². The van der Waals surface area contributed by atoms with Crippen LogP contribution in [0.25, 0.3) is 11.3 Å². The number of nitrogens with one attached hydrogen (secondary N) is 1. The molecule has 1 aliphatic rings. The summed E-state index contributed by atoms with van der Waals surface area (Å²) in [7, 11) is 1.71. The summed E-state index contributed by atoms with van der Waals surface area (Å²) in [6.07, 6.45) is 1.58. The molecule has 0 spiro atoms. The lowest BCUT2D eigenvalue weighted by Crippen LogP contribution is -2.40. The molecule has 8 nitrogen and oxygen atoms in total. The molecular formula is C24H25FN6O2. The predicted molar refractivity (Wildman–Crippen MR) is 124 cm³/mol. The fraction of sp³-hybridized carbons (Fsp3) is 0.250. The zero-order valence-corrected chi connectivity index (χ0v) is 18.2. The van der Waals surface area contributed by atoms with E-state index in [9.17, 15) is 14.0 Å². The number of amides is 2. The number of benzene rings is 2. The van der Waals surface area contributed by atoms with Crippen molar-refractivity contribution in [1.82, 2.24) is 15.1 Å². The van der Waals surface area contributed by atoms with E-state index in [0.717, 1.165) is 17.0 Å². The van der Waals surface area contributed by atoms with E-state index in [1.807, 2.05) is 36.4 Å². The third-order valence-electron chi connectivity index (χ3n) is 5.56. The van der Waals surface area contributed by atoms with Gasteiger partial charge in [-0.05, 0) is 55.3 Å². The molecule has 0 fully saturated rings. The fourth-order valence-corrected chi connectivity index (χ4v) is 3.77. The first-order valence-electron chi connectivity index (χ1n) is 10.7. The summed E-state index contributed by atoms with van der Waals surface area (Å²) in [4.78, 5) is 26.4. The van der Waals surface area contributed by atoms with E-state index in [1.165, 1.54) is 17.1 Å². The van der Waals surface area contributed by atoms with Crippen molar-refractivity contribution in [3.05, 3.63) is 72.2 Å². The highest BCUT2D eigenvalue weighted by molar-refractivity contribution is 6.40. The second-order valence-electron chi connectivity index (χ2n) is 7.96. The Morgan fingerprint density at radius 3 is 2.61 bits per heavy atom. The number of nitrogens with zero attached hydrogens (tertiary/aromatic N) is 4. The number of hydrogen-bond donors (Lipinski definition) is 2. The Morgan fingerprint density at radius 1 is 1.18 bits per heavy atom. The lowest BCUT2D eigenvalue weighted by molar-refractivity contribution is -0.123. The second kappa shape index (κ2) is 9.64. The minimum atomic E-state index is -0.686. The first-order chi connectivity index (χ1) is 15.9. The van der Waals surface area contributed by atoms with Gasteiger partial charge in [-0.25, -0.2) is 4.39 Å². The summed E-state index contributed by atoms with van der Waals surface area (Å²) in [5.74, 6) is -1.04. The number of carbonyl (C=O) groups is 2. The van der Waals surface area contributed by atoms with Gasteiger partial charge in [-0.3, -0.25) is 19.7 Å². The maximum atomic E-state index is 13.1. The van der Waals surface area contributed by atoms with Gasteiger partial charge in [0.05, 0.1) is 11.4 Å². The van der Waals surface area contributed by atoms with Gasteiger partial charge < -0.3 is 10.6 Å². The van der Waals surface area contributed by atoms with Crippen LogP contribution in [0.1, 0.15) is 18.5 Å². The summed E-state index contributed by atoms with van der Waals surface area (Å²) in [5.41, 5.74) is 9.08. The van der Waals surface area contributed by atoms with Crippen LogP contribution in [0.5, 0.6) is 0 Å². The van der Waals surface area contributed by atoms with Crippen LogP contribution in [0.4, 0.5) is 10.1 Å². The van der Waals surface area contributed by atoms with Crippen molar-refractivity contribution in [1.29, 1.82) is 0 Å². The smallest absolute Gasteiger partial charge is 0.269 e. The molecule has 2 aromatic carbocycles. The van der Waals surface area contributed by atoms with E-state index in [1.54, 1.807) is 24.1 Å². The monoisotopic (exact) mass is 448 g/mol. The van der Waals surface area contributed by atoms with Crippen LogP contribution in [0, 0.1) is 5.82 Å². The Bertz CT molecular complexity index is 1160. The lowest BCUT2D eigenvalue weighted by Gasteiger charge is -2.20. The van der Waals surface area contributed by atoms with Crippen molar-refractivity contribution in [2.75, 3.05) is 18.6 Å². The van der Waals surface area contributed by atoms with Gasteiger partial charge in [0, 0.05) is 31.3 Å². The first-order valence-corrected chi connectivity index (χ1v) is 10.7. The van der Waals surface area contributed by atoms with E-state index in [0.29, 0.717) is 30.8 Å². The van der Waals surface area contributed by atoms with Crippen LogP contribution in [0.3, 0.4) is 0 Å². The summed E-state index contributed by atoms with van der Waals surface area (Å²) >= 11 is 0. The van der Waals surface area contributed by atoms with Gasteiger partial charge in [0.25, 0.3) is 5.91 Å². The molecule has 1 aromatic heterocycles. The molecule has 0 saturated carbocycles. The van der Waals surface area contributed by atoms with Gasteiger partial charge in [0.1, 0.15) is 17.6 Å². The zero-order valence-electron chi connectivity index (χ0n) is 18.2. The third kappa shape index (κ3) is 5.08. The van der Waals surface area contributed by atoms with Gasteiger partial charge >= 0.3 is 0 Å². The van der Waals surface area contributed by atoms with E-state index < -0.39 is 11.9 Å². The van der Waals surface area contributed by atoms with Crippen molar-refractivity contribution in [3.63, 3.8) is 0 Å². The van der Waals surface area contributed by atoms with Crippen LogP contribution < -0.4 is 10.7 Å².